The van der Waals surface area contributed by atoms with Crippen molar-refractivity contribution in [2.75, 3.05) is 0 Å². The summed E-state index contributed by atoms with van der Waals surface area (Å²) in [6.07, 6.45) is 17.4. The van der Waals surface area contributed by atoms with E-state index in [0.717, 1.165) is 32.1 Å². The zero-order valence-electron chi connectivity index (χ0n) is 8.02. The van der Waals surface area contributed by atoms with Gasteiger partial charge in [-0.1, -0.05) is 36.5 Å². The Hall–Kier alpha value is -0.820. The van der Waals surface area contributed by atoms with E-state index < -0.39 is 0 Å². The highest BCUT2D eigenvalue weighted by Gasteiger charge is 1.95. The van der Waals surface area contributed by atoms with E-state index in [1.165, 1.54) is 0 Å². The minimum atomic E-state index is -0.266. The molecule has 0 spiro atoms. The molecule has 0 aliphatic heterocycles. The molecule has 1 nitrogen and oxygen atoms in total. The average Bonchev–Trinajstić information content (AvgIpc) is 2.11. The fourth-order valence-corrected chi connectivity index (χ4v) is 1.32. The minimum Gasteiger partial charge on any atom is -0.389 e. The van der Waals surface area contributed by atoms with E-state index in [-0.39, 0.29) is 6.10 Å². The lowest BCUT2D eigenvalue weighted by Crippen LogP contribution is -2.00. The van der Waals surface area contributed by atoms with Crippen molar-refractivity contribution in [1.82, 2.24) is 0 Å². The van der Waals surface area contributed by atoms with Crippen LogP contribution in [0.1, 0.15) is 32.1 Å². The molecule has 1 atom stereocenters. The predicted octanol–water partition coefficient (Wildman–Crippen LogP) is 2.98. The summed E-state index contributed by atoms with van der Waals surface area (Å²) in [5, 5.41) is 9.45. The molecule has 1 aliphatic rings. The molecule has 1 unspecified atom stereocenters. The van der Waals surface area contributed by atoms with Gasteiger partial charge in [-0.25, -0.2) is 0 Å². The summed E-state index contributed by atoms with van der Waals surface area (Å²) in [6, 6.07) is 0. The molecule has 0 heterocycles. The quantitative estimate of drug-likeness (QED) is 0.565. The number of rotatable bonds is 0. The van der Waals surface area contributed by atoms with Crippen molar-refractivity contribution in [3.05, 3.63) is 36.5 Å². The van der Waals surface area contributed by atoms with Crippen LogP contribution in [-0.4, -0.2) is 11.2 Å². The van der Waals surface area contributed by atoms with Crippen LogP contribution in [0.4, 0.5) is 0 Å². The van der Waals surface area contributed by atoms with Gasteiger partial charge in [0.1, 0.15) is 0 Å². The minimum absolute atomic E-state index is 0.266. The SMILES string of the molecule is OC1/C=C/C/C=C/CC/C=C/CC1. The van der Waals surface area contributed by atoms with Crippen molar-refractivity contribution in [2.24, 2.45) is 0 Å². The molecular formula is C12H18O. The van der Waals surface area contributed by atoms with Crippen molar-refractivity contribution in [3.63, 3.8) is 0 Å². The first-order valence-electron chi connectivity index (χ1n) is 5.04. The Balaban J connectivity index is 2.41. The third kappa shape index (κ3) is 5.42. The molecule has 0 saturated carbocycles. The number of aliphatic hydroxyl groups excluding tert-OH is 1. The van der Waals surface area contributed by atoms with Crippen LogP contribution in [0.25, 0.3) is 0 Å². The van der Waals surface area contributed by atoms with Gasteiger partial charge < -0.3 is 5.11 Å². The van der Waals surface area contributed by atoms with Crippen molar-refractivity contribution < 1.29 is 5.11 Å². The Morgan fingerprint density at radius 1 is 0.846 bits per heavy atom. The second-order valence-corrected chi connectivity index (χ2v) is 3.33. The summed E-state index contributed by atoms with van der Waals surface area (Å²) < 4.78 is 0. The second-order valence-electron chi connectivity index (χ2n) is 3.33. The summed E-state index contributed by atoms with van der Waals surface area (Å²) in [6.45, 7) is 0. The van der Waals surface area contributed by atoms with Crippen molar-refractivity contribution in [2.45, 2.75) is 38.2 Å². The molecule has 0 bridgehead atoms. The van der Waals surface area contributed by atoms with Gasteiger partial charge in [0.25, 0.3) is 0 Å². The average molecular weight is 178 g/mol. The van der Waals surface area contributed by atoms with Crippen molar-refractivity contribution >= 4 is 0 Å². The van der Waals surface area contributed by atoms with Crippen molar-refractivity contribution in [3.8, 4) is 0 Å². The Morgan fingerprint density at radius 2 is 1.54 bits per heavy atom. The summed E-state index contributed by atoms with van der Waals surface area (Å²) in [5.74, 6) is 0. The molecule has 0 aromatic rings. The van der Waals surface area contributed by atoms with Crippen molar-refractivity contribution in [1.29, 1.82) is 0 Å². The third-order valence-corrected chi connectivity index (χ3v) is 2.09. The molecule has 72 valence electrons. The van der Waals surface area contributed by atoms with Gasteiger partial charge in [0.15, 0.2) is 0 Å². The Morgan fingerprint density at radius 3 is 2.38 bits per heavy atom. The van der Waals surface area contributed by atoms with E-state index in [1.807, 2.05) is 12.2 Å². The lowest BCUT2D eigenvalue weighted by molar-refractivity contribution is 0.213. The van der Waals surface area contributed by atoms with Crippen LogP contribution in [0.5, 0.6) is 0 Å². The first-order chi connectivity index (χ1) is 6.39. The summed E-state index contributed by atoms with van der Waals surface area (Å²) in [4.78, 5) is 0. The van der Waals surface area contributed by atoms with Crippen LogP contribution in [0.2, 0.25) is 0 Å². The van der Waals surface area contributed by atoms with Gasteiger partial charge in [-0.3, -0.25) is 0 Å². The van der Waals surface area contributed by atoms with E-state index in [0.29, 0.717) is 0 Å². The molecule has 13 heavy (non-hydrogen) atoms. The second kappa shape index (κ2) is 6.67. The van der Waals surface area contributed by atoms with Crippen LogP contribution < -0.4 is 0 Å². The summed E-state index contributed by atoms with van der Waals surface area (Å²) in [7, 11) is 0. The Labute approximate surface area is 80.5 Å². The standard InChI is InChI=1S/C12H18O/c13-12-10-8-6-4-2-1-3-5-7-9-11-12/h2,4-5,7-8,10,12-13H,1,3,6,9,11H2/b4-2+,7-5+,10-8+. The van der Waals surface area contributed by atoms with Crippen LogP contribution >= 0.6 is 0 Å². The topological polar surface area (TPSA) is 20.2 Å². The number of hydrogen-bond acceptors (Lipinski definition) is 1. The van der Waals surface area contributed by atoms with Gasteiger partial charge in [-0.2, -0.15) is 0 Å². The molecule has 1 aliphatic carbocycles. The fourth-order valence-electron chi connectivity index (χ4n) is 1.32. The van der Waals surface area contributed by atoms with Gasteiger partial charge in [0.2, 0.25) is 0 Å². The maximum absolute atomic E-state index is 9.45. The van der Waals surface area contributed by atoms with Crippen LogP contribution in [0.15, 0.2) is 36.5 Å². The van der Waals surface area contributed by atoms with Crippen LogP contribution in [-0.2, 0) is 0 Å². The Kier molecular flexibility index (Phi) is 5.27. The maximum atomic E-state index is 9.45. The van der Waals surface area contributed by atoms with E-state index in [2.05, 4.69) is 24.3 Å². The van der Waals surface area contributed by atoms with Gasteiger partial charge in [0, 0.05) is 0 Å². The molecule has 0 fully saturated rings. The van der Waals surface area contributed by atoms with E-state index in [1.54, 1.807) is 0 Å². The van der Waals surface area contributed by atoms with Crippen LogP contribution in [0, 0.1) is 0 Å². The molecule has 0 aromatic carbocycles. The smallest absolute Gasteiger partial charge is 0.0724 e. The van der Waals surface area contributed by atoms with E-state index >= 15 is 0 Å². The molecule has 0 radical (unpaired) electrons. The van der Waals surface area contributed by atoms with E-state index in [9.17, 15) is 5.11 Å². The molecule has 1 heteroatoms. The normalized spacial score (nSPS) is 32.5. The summed E-state index contributed by atoms with van der Waals surface area (Å²) >= 11 is 0. The molecule has 0 saturated heterocycles. The highest BCUT2D eigenvalue weighted by atomic mass is 16.3. The molecule has 0 aromatic heterocycles. The number of aliphatic hydroxyl groups is 1. The maximum Gasteiger partial charge on any atom is 0.0724 e. The molecular weight excluding hydrogens is 160 g/mol. The lowest BCUT2D eigenvalue weighted by atomic mass is 10.1. The highest BCUT2D eigenvalue weighted by molar-refractivity contribution is 4.98. The third-order valence-electron chi connectivity index (χ3n) is 2.09. The number of hydrogen-bond donors (Lipinski definition) is 1. The molecule has 1 N–H and O–H groups in total. The molecule has 1 rings (SSSR count). The summed E-state index contributed by atoms with van der Waals surface area (Å²) in [5.41, 5.74) is 0. The van der Waals surface area contributed by atoms with Gasteiger partial charge in [-0.15, -0.1) is 0 Å². The zero-order valence-corrected chi connectivity index (χ0v) is 8.02. The first-order valence-corrected chi connectivity index (χ1v) is 5.04. The molecule has 0 amide bonds. The van der Waals surface area contributed by atoms with Gasteiger partial charge in [-0.05, 0) is 32.1 Å². The lowest BCUT2D eigenvalue weighted by Gasteiger charge is -2.02. The highest BCUT2D eigenvalue weighted by Crippen LogP contribution is 2.04. The zero-order chi connectivity index (χ0) is 9.36. The first kappa shape index (κ1) is 10.3. The fraction of sp³-hybridized carbons (Fsp3) is 0.500. The van der Waals surface area contributed by atoms with E-state index in [4.69, 9.17) is 0 Å². The number of allylic oxidation sites excluding steroid dienone is 5. The largest absolute Gasteiger partial charge is 0.389 e. The van der Waals surface area contributed by atoms with Gasteiger partial charge >= 0.3 is 0 Å². The Bertz CT molecular complexity index is 201. The monoisotopic (exact) mass is 178 g/mol. The van der Waals surface area contributed by atoms with Gasteiger partial charge in [0.05, 0.1) is 6.10 Å². The predicted molar refractivity (Wildman–Crippen MR) is 56.5 cm³/mol. The van der Waals surface area contributed by atoms with Crippen LogP contribution in [0.3, 0.4) is 0 Å².